The second-order valence-electron chi connectivity index (χ2n) is 4.72. The largest absolute Gasteiger partial charge is 0.310 e. The third-order valence-electron chi connectivity index (χ3n) is 3.35. The molecule has 0 radical (unpaired) electrons. The Kier molecular flexibility index (Phi) is 6.37. The third-order valence-corrected chi connectivity index (χ3v) is 9.15. The summed E-state index contributed by atoms with van der Waals surface area (Å²) < 4.78 is 0. The SMILES string of the molecule is C=C(C)[Si](CC)(CCC)CCN(C)C. The van der Waals surface area contributed by atoms with Gasteiger partial charge < -0.3 is 4.90 Å². The van der Waals surface area contributed by atoms with Crippen molar-refractivity contribution in [2.75, 3.05) is 20.6 Å². The van der Waals surface area contributed by atoms with E-state index in [9.17, 15) is 0 Å². The molecule has 84 valence electrons. The summed E-state index contributed by atoms with van der Waals surface area (Å²) in [6.07, 6.45) is 1.32. The van der Waals surface area contributed by atoms with Crippen molar-refractivity contribution in [3.05, 3.63) is 11.8 Å². The monoisotopic (exact) mass is 213 g/mol. The molecule has 0 N–H and O–H groups in total. The maximum absolute atomic E-state index is 4.24. The zero-order chi connectivity index (χ0) is 11.2. The second-order valence-corrected chi connectivity index (χ2v) is 9.84. The molecule has 0 saturated heterocycles. The van der Waals surface area contributed by atoms with E-state index < -0.39 is 8.07 Å². The third kappa shape index (κ3) is 3.97. The molecule has 0 aliphatic carbocycles. The van der Waals surface area contributed by atoms with Crippen molar-refractivity contribution in [1.29, 1.82) is 0 Å². The Labute approximate surface area is 91.2 Å². The van der Waals surface area contributed by atoms with Crippen molar-refractivity contribution < 1.29 is 0 Å². The Hall–Kier alpha value is -0.0831. The van der Waals surface area contributed by atoms with Crippen molar-refractivity contribution in [2.24, 2.45) is 0 Å². The molecule has 0 aliphatic rings. The van der Waals surface area contributed by atoms with E-state index in [1.807, 2.05) is 0 Å². The number of rotatable bonds is 7. The van der Waals surface area contributed by atoms with Crippen LogP contribution >= 0.6 is 0 Å². The summed E-state index contributed by atoms with van der Waals surface area (Å²) in [4.78, 5) is 2.30. The van der Waals surface area contributed by atoms with Crippen LogP contribution in [0.1, 0.15) is 27.2 Å². The molecule has 0 aromatic heterocycles. The highest BCUT2D eigenvalue weighted by atomic mass is 28.3. The van der Waals surface area contributed by atoms with Gasteiger partial charge in [-0.2, -0.15) is 0 Å². The van der Waals surface area contributed by atoms with Crippen LogP contribution in [-0.2, 0) is 0 Å². The molecule has 0 heterocycles. The van der Waals surface area contributed by atoms with E-state index in [4.69, 9.17) is 0 Å². The van der Waals surface area contributed by atoms with Gasteiger partial charge >= 0.3 is 0 Å². The standard InChI is InChI=1S/C12H27NSi/c1-7-10-14(8-2,12(3)4)11-9-13(5)6/h3,7-11H2,1-2,4-6H3. The first-order valence-electron chi connectivity index (χ1n) is 5.79. The summed E-state index contributed by atoms with van der Waals surface area (Å²) in [5.74, 6) is 0. The van der Waals surface area contributed by atoms with Gasteiger partial charge in [0.15, 0.2) is 0 Å². The molecular formula is C12H27NSi. The fraction of sp³-hybridized carbons (Fsp3) is 0.833. The molecule has 1 unspecified atom stereocenters. The zero-order valence-corrected chi connectivity index (χ0v) is 11.7. The fourth-order valence-corrected chi connectivity index (χ4v) is 6.37. The Bertz CT molecular complexity index is 177. The lowest BCUT2D eigenvalue weighted by Gasteiger charge is -2.32. The van der Waals surface area contributed by atoms with Crippen LogP contribution in [0.3, 0.4) is 0 Å². The summed E-state index contributed by atoms with van der Waals surface area (Å²) in [7, 11) is 3.19. The summed E-state index contributed by atoms with van der Waals surface area (Å²) in [6.45, 7) is 12.4. The van der Waals surface area contributed by atoms with E-state index in [-0.39, 0.29) is 0 Å². The van der Waals surface area contributed by atoms with E-state index in [1.54, 1.807) is 0 Å². The van der Waals surface area contributed by atoms with Gasteiger partial charge in [-0.15, -0.1) is 6.58 Å². The Balaban J connectivity index is 4.41. The van der Waals surface area contributed by atoms with Crippen LogP contribution in [0.4, 0.5) is 0 Å². The molecule has 0 bridgehead atoms. The minimum absolute atomic E-state index is 1.15. The molecule has 1 nitrogen and oxygen atoms in total. The van der Waals surface area contributed by atoms with Gasteiger partial charge in [0.25, 0.3) is 0 Å². The Morgan fingerprint density at radius 3 is 2.07 bits per heavy atom. The van der Waals surface area contributed by atoms with Gasteiger partial charge in [0.05, 0.1) is 8.07 Å². The topological polar surface area (TPSA) is 3.24 Å². The lowest BCUT2D eigenvalue weighted by atomic mass is 10.6. The number of hydrogen-bond acceptors (Lipinski definition) is 1. The predicted octanol–water partition coefficient (Wildman–Crippen LogP) is 3.54. The van der Waals surface area contributed by atoms with E-state index in [2.05, 4.69) is 46.3 Å². The molecule has 0 fully saturated rings. The van der Waals surface area contributed by atoms with Crippen LogP contribution in [0.2, 0.25) is 18.1 Å². The van der Waals surface area contributed by atoms with Crippen LogP contribution in [0.5, 0.6) is 0 Å². The maximum Gasteiger partial charge on any atom is 0.0813 e. The Morgan fingerprint density at radius 1 is 1.21 bits per heavy atom. The minimum atomic E-state index is -1.15. The Morgan fingerprint density at radius 2 is 1.79 bits per heavy atom. The first-order valence-corrected chi connectivity index (χ1v) is 8.41. The predicted molar refractivity (Wildman–Crippen MR) is 69.5 cm³/mol. The van der Waals surface area contributed by atoms with Crippen molar-refractivity contribution >= 4 is 8.07 Å². The molecule has 0 amide bonds. The summed E-state index contributed by atoms with van der Waals surface area (Å²) in [5.41, 5.74) is 0. The van der Waals surface area contributed by atoms with E-state index in [0.29, 0.717) is 0 Å². The average Bonchev–Trinajstić information content (AvgIpc) is 2.11. The van der Waals surface area contributed by atoms with E-state index in [1.165, 1.54) is 36.3 Å². The van der Waals surface area contributed by atoms with E-state index in [0.717, 1.165) is 0 Å². The van der Waals surface area contributed by atoms with Gasteiger partial charge in [-0.25, -0.2) is 0 Å². The number of hydrogen-bond donors (Lipinski definition) is 0. The van der Waals surface area contributed by atoms with Gasteiger partial charge in [0.2, 0.25) is 0 Å². The maximum atomic E-state index is 4.24. The van der Waals surface area contributed by atoms with Gasteiger partial charge in [-0.3, -0.25) is 0 Å². The lowest BCUT2D eigenvalue weighted by Crippen LogP contribution is -2.37. The molecule has 14 heavy (non-hydrogen) atoms. The number of allylic oxidation sites excluding steroid dienone is 1. The first-order chi connectivity index (χ1) is 6.48. The molecule has 0 aliphatic heterocycles. The lowest BCUT2D eigenvalue weighted by molar-refractivity contribution is 0.430. The van der Waals surface area contributed by atoms with Crippen molar-refractivity contribution in [3.8, 4) is 0 Å². The molecule has 1 atom stereocenters. The van der Waals surface area contributed by atoms with Crippen LogP contribution in [0.15, 0.2) is 11.8 Å². The van der Waals surface area contributed by atoms with Gasteiger partial charge in [0, 0.05) is 0 Å². The highest BCUT2D eigenvalue weighted by molar-refractivity contribution is 6.86. The summed E-state index contributed by atoms with van der Waals surface area (Å²) >= 11 is 0. The van der Waals surface area contributed by atoms with Crippen LogP contribution in [0, 0.1) is 0 Å². The molecule has 0 saturated carbocycles. The molecule has 0 aromatic rings. The summed E-state index contributed by atoms with van der Waals surface area (Å²) in [6, 6.07) is 4.18. The van der Waals surface area contributed by atoms with Crippen molar-refractivity contribution in [1.82, 2.24) is 4.90 Å². The van der Waals surface area contributed by atoms with Crippen LogP contribution in [-0.4, -0.2) is 33.6 Å². The first kappa shape index (κ1) is 13.9. The zero-order valence-electron chi connectivity index (χ0n) is 10.7. The minimum Gasteiger partial charge on any atom is -0.310 e. The van der Waals surface area contributed by atoms with Crippen molar-refractivity contribution in [3.63, 3.8) is 0 Å². The molecule has 0 rings (SSSR count). The van der Waals surface area contributed by atoms with Crippen molar-refractivity contribution in [2.45, 2.75) is 45.3 Å². The van der Waals surface area contributed by atoms with Crippen LogP contribution < -0.4 is 0 Å². The normalized spacial score (nSPS) is 15.6. The fourth-order valence-electron chi connectivity index (χ4n) is 2.12. The van der Waals surface area contributed by atoms with Gasteiger partial charge in [-0.1, -0.05) is 37.6 Å². The van der Waals surface area contributed by atoms with Gasteiger partial charge in [-0.05, 0) is 33.6 Å². The average molecular weight is 213 g/mol. The number of nitrogens with zero attached hydrogens (tertiary/aromatic N) is 1. The second kappa shape index (κ2) is 6.41. The molecule has 2 heteroatoms. The molecule has 0 aromatic carbocycles. The highest BCUT2D eigenvalue weighted by Gasteiger charge is 2.30. The molecule has 0 spiro atoms. The van der Waals surface area contributed by atoms with E-state index >= 15 is 0 Å². The van der Waals surface area contributed by atoms with Crippen LogP contribution in [0.25, 0.3) is 0 Å². The molecular weight excluding hydrogens is 186 g/mol. The summed E-state index contributed by atoms with van der Waals surface area (Å²) in [5, 5.41) is 1.50. The smallest absolute Gasteiger partial charge is 0.0813 e. The van der Waals surface area contributed by atoms with Gasteiger partial charge in [0.1, 0.15) is 0 Å². The highest BCUT2D eigenvalue weighted by Crippen LogP contribution is 2.29. The quantitative estimate of drug-likeness (QED) is 0.585.